The maximum atomic E-state index is 14.0. The van der Waals surface area contributed by atoms with Gasteiger partial charge in [0.1, 0.15) is 23.6 Å². The molecular formula is C25H37N4O9PS. The van der Waals surface area contributed by atoms with E-state index >= 15 is 0 Å². The number of aromatic nitrogens is 2. The number of anilines is 1. The minimum absolute atomic E-state index is 0.0151. The number of ether oxygens (including phenoxy) is 1. The number of aliphatic hydroxyl groups excluding tert-OH is 2. The highest BCUT2D eigenvalue weighted by Crippen LogP contribution is 2.53. The average molecular weight is 601 g/mol. The zero-order valence-corrected chi connectivity index (χ0v) is 24.6. The number of nitrogen functional groups attached to an aromatic ring is 1. The molecule has 1 aromatic carbocycles. The Morgan fingerprint density at radius 1 is 1.30 bits per heavy atom. The van der Waals surface area contributed by atoms with E-state index in [9.17, 15) is 29.5 Å². The Labute approximate surface area is 236 Å². The topological polar surface area (TPSA) is 187 Å². The van der Waals surface area contributed by atoms with Gasteiger partial charge in [0.15, 0.2) is 11.3 Å². The van der Waals surface area contributed by atoms with Crippen LogP contribution >= 0.6 is 19.5 Å². The molecule has 5 atom stereocenters. The van der Waals surface area contributed by atoms with Gasteiger partial charge >= 0.3 is 13.4 Å². The molecule has 2 unspecified atom stereocenters. The highest BCUT2D eigenvalue weighted by atomic mass is 32.2. The molecule has 0 bridgehead atoms. The van der Waals surface area contributed by atoms with Crippen LogP contribution in [-0.4, -0.2) is 85.1 Å². The Bertz CT molecular complexity index is 1260. The van der Waals surface area contributed by atoms with Crippen molar-refractivity contribution < 1.29 is 38.5 Å². The van der Waals surface area contributed by atoms with Crippen LogP contribution in [0.2, 0.25) is 0 Å². The molecule has 1 fully saturated rings. The van der Waals surface area contributed by atoms with Crippen molar-refractivity contribution in [1.82, 2.24) is 14.2 Å². The van der Waals surface area contributed by atoms with Crippen LogP contribution in [-0.2, 0) is 29.7 Å². The van der Waals surface area contributed by atoms with E-state index < -0.39 is 49.5 Å². The lowest BCUT2D eigenvalue weighted by molar-refractivity contribution is -0.119. The number of hydrogen-bond acceptors (Lipinski definition) is 12. The van der Waals surface area contributed by atoms with Crippen molar-refractivity contribution >= 4 is 30.4 Å². The highest BCUT2D eigenvalue weighted by Gasteiger charge is 2.54. The number of carbonyl (C=O) groups is 1. The lowest BCUT2D eigenvalue weighted by Crippen LogP contribution is -2.46. The molecule has 1 aromatic heterocycles. The fourth-order valence-electron chi connectivity index (χ4n) is 3.87. The Hall–Kier alpha value is -2.13. The molecule has 0 radical (unpaired) electrons. The van der Waals surface area contributed by atoms with Gasteiger partial charge in [-0.2, -0.15) is 4.98 Å². The summed E-state index contributed by atoms with van der Waals surface area (Å²) in [4.78, 5) is 28.3. The third kappa shape index (κ3) is 7.58. The SMILES string of the molecule is CN(Cc1ccccc1)P(=O)(OCCSC(=O)C(C)(C)CO)OC[C@H]1O[C@@H](n2ccc(N)nc2=O)[C@@](C)(O)C1O. The smallest absolute Gasteiger partial charge is 0.395 e. The summed E-state index contributed by atoms with van der Waals surface area (Å²) in [5, 5.41) is 30.9. The molecule has 0 saturated carbocycles. The number of carbonyl (C=O) groups excluding carboxylic acids is 1. The van der Waals surface area contributed by atoms with Gasteiger partial charge in [-0.25, -0.2) is 14.0 Å². The van der Waals surface area contributed by atoms with Crippen molar-refractivity contribution in [2.24, 2.45) is 5.41 Å². The van der Waals surface area contributed by atoms with Gasteiger partial charge in [0.25, 0.3) is 0 Å². The molecule has 222 valence electrons. The van der Waals surface area contributed by atoms with E-state index in [0.29, 0.717) is 0 Å². The molecule has 0 aliphatic carbocycles. The molecule has 2 aromatic rings. The van der Waals surface area contributed by atoms with Gasteiger partial charge < -0.3 is 25.8 Å². The summed E-state index contributed by atoms with van der Waals surface area (Å²) in [6.07, 6.45) is -2.74. The van der Waals surface area contributed by atoms with Crippen LogP contribution < -0.4 is 11.4 Å². The van der Waals surface area contributed by atoms with E-state index in [0.717, 1.165) is 21.9 Å². The van der Waals surface area contributed by atoms with E-state index in [-0.39, 0.29) is 36.4 Å². The number of nitrogens with zero attached hydrogens (tertiary/aromatic N) is 3. The zero-order chi connectivity index (χ0) is 29.7. The molecule has 2 heterocycles. The summed E-state index contributed by atoms with van der Waals surface area (Å²) >= 11 is 0.944. The van der Waals surface area contributed by atoms with Gasteiger partial charge in [0.05, 0.1) is 25.2 Å². The summed E-state index contributed by atoms with van der Waals surface area (Å²) in [7, 11) is -2.48. The lowest BCUT2D eigenvalue weighted by atomic mass is 9.96. The van der Waals surface area contributed by atoms with E-state index in [2.05, 4.69) is 4.98 Å². The number of aliphatic hydroxyl groups is 3. The minimum Gasteiger partial charge on any atom is -0.395 e. The molecule has 5 N–H and O–H groups in total. The lowest BCUT2D eigenvalue weighted by Gasteiger charge is -2.29. The standard InChI is InChI=1S/C25H37N4O9PS/c1-24(2,16-30)22(32)40-13-12-36-39(35,28(4)14-17-8-6-5-7-9-17)37-15-18-20(31)25(3,34)21(38-18)29-11-10-19(26)27-23(29)33/h5-11,18,20-21,30-31,34H,12-16H2,1-4H3,(H2,26,27,33)/t18-,20?,21-,25+,39?/m1/s1. The van der Waals surface area contributed by atoms with E-state index in [1.165, 1.54) is 23.9 Å². The molecule has 1 aliphatic rings. The first-order valence-corrected chi connectivity index (χ1v) is 15.0. The van der Waals surface area contributed by atoms with Crippen molar-refractivity contribution in [3.63, 3.8) is 0 Å². The quantitative estimate of drug-likeness (QED) is 0.191. The Morgan fingerprint density at radius 2 is 1.98 bits per heavy atom. The first kappa shape index (κ1) is 32.4. The monoisotopic (exact) mass is 600 g/mol. The third-order valence-electron chi connectivity index (χ3n) is 6.45. The third-order valence-corrected chi connectivity index (χ3v) is 9.60. The first-order chi connectivity index (χ1) is 18.7. The molecule has 3 rings (SSSR count). The van der Waals surface area contributed by atoms with Crippen LogP contribution in [0.4, 0.5) is 5.82 Å². The molecule has 13 nitrogen and oxygen atoms in total. The summed E-state index contributed by atoms with van der Waals surface area (Å²) in [6, 6.07) is 10.6. The Morgan fingerprint density at radius 3 is 2.60 bits per heavy atom. The number of benzene rings is 1. The van der Waals surface area contributed by atoms with Crippen LogP contribution in [0.15, 0.2) is 47.4 Å². The van der Waals surface area contributed by atoms with Crippen molar-refractivity contribution in [2.45, 2.75) is 51.4 Å². The van der Waals surface area contributed by atoms with Crippen molar-refractivity contribution in [1.29, 1.82) is 0 Å². The highest BCUT2D eigenvalue weighted by molar-refractivity contribution is 8.13. The second-order valence-corrected chi connectivity index (χ2v) is 13.5. The predicted molar refractivity (Wildman–Crippen MR) is 149 cm³/mol. The van der Waals surface area contributed by atoms with Crippen LogP contribution in [0.25, 0.3) is 0 Å². The van der Waals surface area contributed by atoms with Gasteiger partial charge in [-0.15, -0.1) is 0 Å². The minimum atomic E-state index is -4.02. The normalized spacial score (nSPS) is 24.8. The predicted octanol–water partition coefficient (Wildman–Crippen LogP) is 1.39. The van der Waals surface area contributed by atoms with Gasteiger partial charge in [-0.05, 0) is 39.4 Å². The molecular weight excluding hydrogens is 563 g/mol. The summed E-state index contributed by atoms with van der Waals surface area (Å²) in [6.45, 7) is 3.85. The van der Waals surface area contributed by atoms with Gasteiger partial charge in [-0.3, -0.25) is 18.4 Å². The number of nitrogens with two attached hydrogens (primary N) is 1. The summed E-state index contributed by atoms with van der Waals surface area (Å²) < 4.78 is 33.6. The fourth-order valence-corrected chi connectivity index (χ4v) is 6.26. The molecule has 15 heteroatoms. The second kappa shape index (κ2) is 13.2. The summed E-state index contributed by atoms with van der Waals surface area (Å²) in [5.74, 6) is 0.139. The van der Waals surface area contributed by atoms with E-state index in [1.54, 1.807) is 20.9 Å². The largest absolute Gasteiger partial charge is 0.408 e. The van der Waals surface area contributed by atoms with Crippen LogP contribution in [0.5, 0.6) is 0 Å². The first-order valence-electron chi connectivity index (χ1n) is 12.5. The molecule has 40 heavy (non-hydrogen) atoms. The average Bonchev–Trinajstić information content (AvgIpc) is 3.13. The van der Waals surface area contributed by atoms with Crippen LogP contribution in [0.1, 0.15) is 32.6 Å². The molecule has 0 spiro atoms. The molecule has 0 amide bonds. The van der Waals surface area contributed by atoms with E-state index in [4.69, 9.17) is 19.5 Å². The number of rotatable bonds is 13. The van der Waals surface area contributed by atoms with Crippen molar-refractivity contribution in [3.8, 4) is 0 Å². The van der Waals surface area contributed by atoms with Gasteiger partial charge in [0, 0.05) is 18.5 Å². The van der Waals surface area contributed by atoms with Crippen molar-refractivity contribution in [3.05, 3.63) is 58.6 Å². The van der Waals surface area contributed by atoms with Crippen LogP contribution in [0, 0.1) is 5.41 Å². The second-order valence-electron chi connectivity index (χ2n) is 10.3. The summed E-state index contributed by atoms with van der Waals surface area (Å²) in [5.41, 5.74) is 2.74. The van der Waals surface area contributed by atoms with Crippen molar-refractivity contribution in [2.75, 3.05) is 38.4 Å². The maximum Gasteiger partial charge on any atom is 0.408 e. The Kier molecular flexibility index (Phi) is 10.7. The maximum absolute atomic E-state index is 14.0. The van der Waals surface area contributed by atoms with Crippen LogP contribution in [0.3, 0.4) is 0 Å². The Balaban J connectivity index is 1.73. The van der Waals surface area contributed by atoms with Gasteiger partial charge in [-0.1, -0.05) is 42.1 Å². The van der Waals surface area contributed by atoms with Gasteiger partial charge in [0.2, 0.25) is 0 Å². The number of thioether (sulfide) groups is 1. The number of hydrogen-bond donors (Lipinski definition) is 4. The fraction of sp³-hybridized carbons (Fsp3) is 0.560. The van der Waals surface area contributed by atoms with E-state index in [1.807, 2.05) is 30.3 Å². The zero-order valence-electron chi connectivity index (χ0n) is 22.9. The molecule has 1 saturated heterocycles. The molecule has 1 aliphatic heterocycles.